The van der Waals surface area contributed by atoms with Crippen LogP contribution >= 0.6 is 0 Å². The van der Waals surface area contributed by atoms with Gasteiger partial charge in [0, 0.05) is 0 Å². The number of benzene rings is 1. The first-order valence-corrected chi connectivity index (χ1v) is 6.21. The van der Waals surface area contributed by atoms with E-state index in [4.69, 9.17) is 10.00 Å². The van der Waals surface area contributed by atoms with Crippen molar-refractivity contribution in [3.8, 4) is 11.9 Å². The van der Waals surface area contributed by atoms with E-state index in [-0.39, 0.29) is 12.4 Å². The van der Waals surface area contributed by atoms with Crippen molar-refractivity contribution in [1.82, 2.24) is 5.32 Å². The Balaban J connectivity index is 2.97. The van der Waals surface area contributed by atoms with Crippen LogP contribution in [-0.4, -0.2) is 38.2 Å². The molecule has 0 unspecified atom stereocenters. The summed E-state index contributed by atoms with van der Waals surface area (Å²) in [6.07, 6.45) is 1.31. The van der Waals surface area contributed by atoms with Crippen LogP contribution in [0.5, 0.6) is 5.75 Å². The molecule has 0 bridgehead atoms. The average Bonchev–Trinajstić information content (AvgIpc) is 2.54. The number of nitrogens with one attached hydrogen (secondary N) is 1. The predicted molar refractivity (Wildman–Crippen MR) is 75.7 cm³/mol. The maximum Gasteiger partial charge on any atom is 0.331 e. The highest BCUT2D eigenvalue weighted by Crippen LogP contribution is 2.10. The molecular weight excluding hydrogens is 290 g/mol. The van der Waals surface area contributed by atoms with E-state index in [1.807, 2.05) is 0 Å². The van der Waals surface area contributed by atoms with Gasteiger partial charge in [-0.25, -0.2) is 15.1 Å². The maximum absolute atomic E-state index is 11.7. The van der Waals surface area contributed by atoms with E-state index in [2.05, 4.69) is 19.8 Å². The first kappa shape index (κ1) is 17.0. The number of amidine groups is 1. The molecule has 1 atom stereocenters. The number of carbonyl (C=O) groups is 2. The van der Waals surface area contributed by atoms with Crippen molar-refractivity contribution in [1.29, 1.82) is 5.26 Å². The maximum atomic E-state index is 11.7. The number of esters is 2. The van der Waals surface area contributed by atoms with E-state index in [1.165, 1.54) is 7.11 Å². The summed E-state index contributed by atoms with van der Waals surface area (Å²) in [7, 11) is 2.35. The van der Waals surface area contributed by atoms with Gasteiger partial charge in [0.05, 0.1) is 20.6 Å². The molecule has 1 aromatic carbocycles. The summed E-state index contributed by atoms with van der Waals surface area (Å²) in [5.74, 6) is -0.986. The van der Waals surface area contributed by atoms with Crippen molar-refractivity contribution in [2.45, 2.75) is 12.5 Å². The number of methoxy groups -OCH3 is 2. The van der Waals surface area contributed by atoms with Crippen LogP contribution < -0.4 is 10.1 Å². The van der Waals surface area contributed by atoms with Gasteiger partial charge >= 0.3 is 18.0 Å². The van der Waals surface area contributed by atoms with Crippen molar-refractivity contribution in [2.24, 2.45) is 4.99 Å². The number of hydrogen-bond acceptors (Lipinski definition) is 7. The Hall–Kier alpha value is -3.08. The van der Waals surface area contributed by atoms with Gasteiger partial charge in [-0.3, -0.25) is 4.79 Å². The molecule has 0 aromatic heterocycles. The number of rotatable bonds is 5. The average molecular weight is 305 g/mol. The zero-order valence-electron chi connectivity index (χ0n) is 12.1. The Bertz CT molecular complexity index is 580. The SMILES string of the molecule is COC(=O)C[C@H](N=C(NC#N)Oc1ccccc1)C(=O)OC. The van der Waals surface area contributed by atoms with Crippen LogP contribution in [0.2, 0.25) is 0 Å². The van der Waals surface area contributed by atoms with Crippen molar-refractivity contribution in [3.05, 3.63) is 30.3 Å². The lowest BCUT2D eigenvalue weighted by atomic mass is 10.2. The number of carbonyl (C=O) groups excluding carboxylic acids is 2. The predicted octanol–water partition coefficient (Wildman–Crippen LogP) is 0.597. The lowest BCUT2D eigenvalue weighted by molar-refractivity contribution is -0.148. The molecule has 0 spiro atoms. The molecule has 116 valence electrons. The second-order valence-corrected chi connectivity index (χ2v) is 3.91. The Labute approximate surface area is 127 Å². The van der Waals surface area contributed by atoms with Crippen molar-refractivity contribution < 1.29 is 23.8 Å². The van der Waals surface area contributed by atoms with Gasteiger partial charge in [-0.1, -0.05) is 18.2 Å². The molecule has 8 nitrogen and oxygen atoms in total. The first-order valence-electron chi connectivity index (χ1n) is 6.21. The van der Waals surface area contributed by atoms with E-state index < -0.39 is 18.0 Å². The monoisotopic (exact) mass is 305 g/mol. The molecule has 0 radical (unpaired) electrons. The van der Waals surface area contributed by atoms with Crippen LogP contribution in [0, 0.1) is 11.5 Å². The highest BCUT2D eigenvalue weighted by Gasteiger charge is 2.24. The lowest BCUT2D eigenvalue weighted by Crippen LogP contribution is -2.31. The number of ether oxygens (including phenoxy) is 3. The molecule has 0 saturated heterocycles. The van der Waals surface area contributed by atoms with Gasteiger partial charge in [0.25, 0.3) is 0 Å². The topological polar surface area (TPSA) is 110 Å². The van der Waals surface area contributed by atoms with Gasteiger partial charge in [0.15, 0.2) is 12.2 Å². The van der Waals surface area contributed by atoms with Crippen LogP contribution in [0.3, 0.4) is 0 Å². The quantitative estimate of drug-likeness (QED) is 0.279. The van der Waals surface area contributed by atoms with Gasteiger partial charge in [-0.05, 0) is 12.1 Å². The van der Waals surface area contributed by atoms with E-state index in [0.717, 1.165) is 7.11 Å². The molecular formula is C14H15N3O5. The number of para-hydroxylation sites is 1. The summed E-state index contributed by atoms with van der Waals surface area (Å²) in [6, 6.07) is 7.11. The summed E-state index contributed by atoms with van der Waals surface area (Å²) in [4.78, 5) is 26.9. The third kappa shape index (κ3) is 5.50. The van der Waals surface area contributed by atoms with Gasteiger partial charge in [0.1, 0.15) is 5.75 Å². The molecule has 0 saturated carbocycles. The number of nitrogens with zero attached hydrogens (tertiary/aromatic N) is 2. The largest absolute Gasteiger partial charge is 0.469 e. The van der Waals surface area contributed by atoms with Gasteiger partial charge < -0.3 is 14.2 Å². The smallest absolute Gasteiger partial charge is 0.331 e. The fourth-order valence-electron chi connectivity index (χ4n) is 1.43. The van der Waals surface area contributed by atoms with Crippen LogP contribution in [0.25, 0.3) is 0 Å². The highest BCUT2D eigenvalue weighted by atomic mass is 16.5. The standard InChI is InChI=1S/C14H15N3O5/c1-20-12(18)8-11(13(19)21-2)17-14(16-9-15)22-10-6-4-3-5-7-10/h3-7,11H,8H2,1-2H3,(H,16,17)/t11-/m0/s1. The van der Waals surface area contributed by atoms with E-state index in [1.54, 1.807) is 36.5 Å². The minimum absolute atomic E-state index is 0.229. The number of hydrogen-bond donors (Lipinski definition) is 1. The van der Waals surface area contributed by atoms with Gasteiger partial charge in [-0.2, -0.15) is 5.26 Å². The number of aliphatic imine (C=N–C) groups is 1. The van der Waals surface area contributed by atoms with Crippen molar-refractivity contribution >= 4 is 18.0 Å². The second-order valence-electron chi connectivity index (χ2n) is 3.91. The molecule has 0 aliphatic rings. The normalized spacial score (nSPS) is 11.8. The molecule has 22 heavy (non-hydrogen) atoms. The van der Waals surface area contributed by atoms with Crippen molar-refractivity contribution in [3.63, 3.8) is 0 Å². The van der Waals surface area contributed by atoms with E-state index in [9.17, 15) is 9.59 Å². The third-order valence-corrected chi connectivity index (χ3v) is 2.45. The van der Waals surface area contributed by atoms with Crippen LogP contribution in [-0.2, 0) is 19.1 Å². The Morgan fingerprint density at radius 3 is 2.50 bits per heavy atom. The lowest BCUT2D eigenvalue weighted by Gasteiger charge is -2.12. The molecule has 0 amide bonds. The minimum Gasteiger partial charge on any atom is -0.469 e. The Morgan fingerprint density at radius 2 is 1.95 bits per heavy atom. The Kier molecular flexibility index (Phi) is 6.92. The molecule has 1 aromatic rings. The van der Waals surface area contributed by atoms with Crippen LogP contribution in [0.15, 0.2) is 35.3 Å². The van der Waals surface area contributed by atoms with Gasteiger partial charge in [0.2, 0.25) is 0 Å². The second kappa shape index (κ2) is 8.97. The van der Waals surface area contributed by atoms with Gasteiger partial charge in [-0.15, -0.1) is 0 Å². The number of nitriles is 1. The highest BCUT2D eigenvalue weighted by molar-refractivity contribution is 5.86. The fraction of sp³-hybridized carbons (Fsp3) is 0.286. The molecule has 1 rings (SSSR count). The fourth-order valence-corrected chi connectivity index (χ4v) is 1.43. The minimum atomic E-state index is -1.18. The zero-order chi connectivity index (χ0) is 16.4. The molecule has 0 aliphatic carbocycles. The zero-order valence-corrected chi connectivity index (χ0v) is 12.1. The van der Waals surface area contributed by atoms with E-state index >= 15 is 0 Å². The van der Waals surface area contributed by atoms with E-state index in [0.29, 0.717) is 5.75 Å². The summed E-state index contributed by atoms with van der Waals surface area (Å²) < 4.78 is 14.4. The summed E-state index contributed by atoms with van der Waals surface area (Å²) in [5.41, 5.74) is 0. The summed E-state index contributed by atoms with van der Waals surface area (Å²) in [5, 5.41) is 10.9. The molecule has 0 heterocycles. The summed E-state index contributed by atoms with van der Waals surface area (Å²) >= 11 is 0. The first-order chi connectivity index (χ1) is 10.6. The molecule has 1 N–H and O–H groups in total. The molecule has 0 fully saturated rings. The van der Waals surface area contributed by atoms with Crippen molar-refractivity contribution in [2.75, 3.05) is 14.2 Å². The molecule has 8 heteroatoms. The summed E-state index contributed by atoms with van der Waals surface area (Å²) in [6.45, 7) is 0. The molecule has 0 aliphatic heterocycles. The third-order valence-electron chi connectivity index (χ3n) is 2.45. The van der Waals surface area contributed by atoms with Crippen LogP contribution in [0.4, 0.5) is 0 Å². The van der Waals surface area contributed by atoms with Crippen LogP contribution in [0.1, 0.15) is 6.42 Å². The Morgan fingerprint density at radius 1 is 1.27 bits per heavy atom.